The maximum atomic E-state index is 13.5. The summed E-state index contributed by atoms with van der Waals surface area (Å²) < 4.78 is 12.3. The Morgan fingerprint density at radius 3 is 2.59 bits per heavy atom. The van der Waals surface area contributed by atoms with Crippen molar-refractivity contribution in [2.45, 2.75) is 19.4 Å². The maximum absolute atomic E-state index is 13.5. The first kappa shape index (κ1) is 21.6. The van der Waals surface area contributed by atoms with E-state index >= 15 is 0 Å². The number of anilines is 1. The minimum atomic E-state index is -0.527. The lowest BCUT2D eigenvalue weighted by Gasteiger charge is -2.21. The summed E-state index contributed by atoms with van der Waals surface area (Å²) in [6, 6.07) is 19.8. The molecule has 0 saturated carbocycles. The highest BCUT2D eigenvalue weighted by Gasteiger charge is 2.26. The average Bonchev–Trinajstić information content (AvgIpc) is 3.32. The lowest BCUT2D eigenvalue weighted by Crippen LogP contribution is -2.26. The molecule has 0 unspecified atom stereocenters. The molecule has 0 radical (unpaired) electrons. The number of para-hydroxylation sites is 1. The van der Waals surface area contributed by atoms with Gasteiger partial charge >= 0.3 is 0 Å². The number of aromatic hydroxyl groups is 1. The molecule has 1 aliphatic rings. The van der Waals surface area contributed by atoms with Gasteiger partial charge in [0, 0.05) is 24.5 Å². The van der Waals surface area contributed by atoms with Crippen molar-refractivity contribution in [2.24, 2.45) is 7.05 Å². The van der Waals surface area contributed by atoms with Crippen molar-refractivity contribution in [3.63, 3.8) is 0 Å². The quantitative estimate of drug-likeness (QED) is 0.409. The van der Waals surface area contributed by atoms with Gasteiger partial charge in [0.05, 0.1) is 11.6 Å². The average molecular weight is 456 g/mol. The number of ketones is 1. The summed E-state index contributed by atoms with van der Waals surface area (Å²) in [4.78, 5) is 26.5. The predicted molar refractivity (Wildman–Crippen MR) is 130 cm³/mol. The summed E-state index contributed by atoms with van der Waals surface area (Å²) in [5.41, 5.74) is 2.57. The highest BCUT2D eigenvalue weighted by atomic mass is 16.7. The third-order valence-electron chi connectivity index (χ3n) is 6.14. The normalized spacial score (nSPS) is 13.1. The summed E-state index contributed by atoms with van der Waals surface area (Å²) in [5, 5.41) is 14.7. The molecule has 1 aliphatic heterocycles. The van der Waals surface area contributed by atoms with E-state index in [2.05, 4.69) is 5.32 Å². The predicted octanol–water partition coefficient (Wildman–Crippen LogP) is 4.71. The summed E-state index contributed by atoms with van der Waals surface area (Å²) in [6.45, 7) is 2.15. The van der Waals surface area contributed by atoms with Gasteiger partial charge in [0.1, 0.15) is 11.3 Å². The summed E-state index contributed by atoms with van der Waals surface area (Å²) in [7, 11) is 1.60. The van der Waals surface area contributed by atoms with Crippen LogP contribution in [-0.4, -0.2) is 22.2 Å². The minimum Gasteiger partial charge on any atom is -0.506 e. The Kier molecular flexibility index (Phi) is 5.45. The number of ether oxygens (including phenoxy) is 2. The molecular weight excluding hydrogens is 432 g/mol. The zero-order valence-electron chi connectivity index (χ0n) is 18.9. The van der Waals surface area contributed by atoms with Crippen molar-refractivity contribution in [1.29, 1.82) is 0 Å². The number of pyridine rings is 1. The summed E-state index contributed by atoms with van der Waals surface area (Å²) in [5.74, 6) is 0.505. The van der Waals surface area contributed by atoms with Crippen LogP contribution < -0.4 is 20.3 Å². The molecule has 0 saturated heterocycles. The number of hydrogen-bond donors (Lipinski definition) is 2. The standard InChI is InChI=1S/C27H24N2O5/c1-16-7-10-18(11-8-16)28-20(17-9-12-23-24(13-17)34-15-33-23)14-22(30)25-26(31)19-5-3-4-6-21(19)29(2)27(25)32/h3-13,20,28,31H,14-15H2,1-2H3/t20-/m1/s1. The molecule has 2 heterocycles. The largest absolute Gasteiger partial charge is 0.506 e. The van der Waals surface area contributed by atoms with Gasteiger partial charge in [-0.1, -0.05) is 35.9 Å². The number of fused-ring (bicyclic) bond motifs is 2. The monoisotopic (exact) mass is 456 g/mol. The molecule has 172 valence electrons. The van der Waals surface area contributed by atoms with Gasteiger partial charge in [-0.3, -0.25) is 9.59 Å². The molecule has 7 heteroatoms. The number of carbonyl (C=O) groups excluding carboxylic acids is 1. The second-order valence-electron chi connectivity index (χ2n) is 8.41. The molecule has 3 aromatic carbocycles. The number of benzene rings is 3. The minimum absolute atomic E-state index is 0.0470. The molecule has 2 N–H and O–H groups in total. The highest BCUT2D eigenvalue weighted by molar-refractivity contribution is 6.03. The van der Waals surface area contributed by atoms with Crippen molar-refractivity contribution in [2.75, 3.05) is 12.1 Å². The number of Topliss-reactive ketones (excluding diaryl/α,β-unsaturated/α-hetero) is 1. The second-order valence-corrected chi connectivity index (χ2v) is 8.41. The first-order valence-corrected chi connectivity index (χ1v) is 11.0. The number of nitrogens with one attached hydrogen (secondary N) is 1. The van der Waals surface area contributed by atoms with Crippen molar-refractivity contribution in [1.82, 2.24) is 4.57 Å². The number of nitrogens with zero attached hydrogens (tertiary/aromatic N) is 1. The molecule has 0 bridgehead atoms. The Morgan fingerprint density at radius 1 is 1.06 bits per heavy atom. The van der Waals surface area contributed by atoms with E-state index in [0.717, 1.165) is 16.8 Å². The molecule has 5 rings (SSSR count). The van der Waals surface area contributed by atoms with Crippen molar-refractivity contribution < 1.29 is 19.4 Å². The van der Waals surface area contributed by atoms with Crippen LogP contribution in [0.2, 0.25) is 0 Å². The van der Waals surface area contributed by atoms with Crippen LogP contribution in [0.4, 0.5) is 5.69 Å². The Labute approximate surface area is 196 Å². The molecule has 4 aromatic rings. The molecular formula is C27H24N2O5. The van der Waals surface area contributed by atoms with Gasteiger partial charge in [0.15, 0.2) is 17.3 Å². The first-order valence-electron chi connectivity index (χ1n) is 11.0. The molecule has 0 fully saturated rings. The fraction of sp³-hybridized carbons (Fsp3) is 0.185. The zero-order chi connectivity index (χ0) is 23.8. The Morgan fingerprint density at radius 2 is 1.79 bits per heavy atom. The third kappa shape index (κ3) is 3.85. The van der Waals surface area contributed by atoms with Gasteiger partial charge in [0.25, 0.3) is 5.56 Å². The van der Waals surface area contributed by atoms with Crippen LogP contribution in [-0.2, 0) is 7.05 Å². The fourth-order valence-corrected chi connectivity index (χ4v) is 4.25. The van der Waals surface area contributed by atoms with Crippen LogP contribution in [0.1, 0.15) is 33.9 Å². The Hall–Kier alpha value is -4.26. The number of rotatable bonds is 6. The third-order valence-corrected chi connectivity index (χ3v) is 6.14. The van der Waals surface area contributed by atoms with E-state index in [1.54, 1.807) is 37.4 Å². The SMILES string of the molecule is Cc1ccc(N[C@H](CC(=O)c2c(O)c3ccccc3n(C)c2=O)c2ccc3c(c2)OCO3)cc1. The van der Waals surface area contributed by atoms with Crippen LogP contribution >= 0.6 is 0 Å². The Balaban J connectivity index is 1.54. The lowest BCUT2D eigenvalue weighted by atomic mass is 9.96. The molecule has 0 aliphatic carbocycles. The molecule has 0 amide bonds. The molecule has 7 nitrogen and oxygen atoms in total. The van der Waals surface area contributed by atoms with Crippen LogP contribution in [0.15, 0.2) is 71.5 Å². The highest BCUT2D eigenvalue weighted by Crippen LogP contribution is 2.36. The number of carbonyl (C=O) groups is 1. The van der Waals surface area contributed by atoms with E-state index in [1.807, 2.05) is 43.3 Å². The zero-order valence-corrected chi connectivity index (χ0v) is 18.9. The molecule has 1 aromatic heterocycles. The summed E-state index contributed by atoms with van der Waals surface area (Å²) in [6.07, 6.45) is -0.0470. The smallest absolute Gasteiger partial charge is 0.265 e. The topological polar surface area (TPSA) is 89.8 Å². The van der Waals surface area contributed by atoms with Crippen molar-refractivity contribution >= 4 is 22.4 Å². The van der Waals surface area contributed by atoms with E-state index in [9.17, 15) is 14.7 Å². The van der Waals surface area contributed by atoms with E-state index < -0.39 is 17.4 Å². The van der Waals surface area contributed by atoms with Crippen molar-refractivity contribution in [3.8, 4) is 17.2 Å². The molecule has 0 spiro atoms. The molecule has 34 heavy (non-hydrogen) atoms. The van der Waals surface area contributed by atoms with Gasteiger partial charge in [-0.25, -0.2) is 0 Å². The van der Waals surface area contributed by atoms with Crippen molar-refractivity contribution in [3.05, 3.63) is 93.8 Å². The van der Waals surface area contributed by atoms with Gasteiger partial charge in [0.2, 0.25) is 6.79 Å². The second kappa shape index (κ2) is 8.59. The van der Waals surface area contributed by atoms with Gasteiger partial charge in [-0.15, -0.1) is 0 Å². The van der Waals surface area contributed by atoms with Gasteiger partial charge < -0.3 is 24.5 Å². The summed E-state index contributed by atoms with van der Waals surface area (Å²) >= 11 is 0. The Bertz CT molecular complexity index is 1460. The molecule has 1 atom stereocenters. The lowest BCUT2D eigenvalue weighted by molar-refractivity contribution is 0.0972. The van der Waals surface area contributed by atoms with E-state index in [0.29, 0.717) is 22.4 Å². The number of aromatic nitrogens is 1. The number of hydrogen-bond acceptors (Lipinski definition) is 6. The van der Waals surface area contributed by atoms with E-state index in [1.165, 1.54) is 4.57 Å². The van der Waals surface area contributed by atoms with Crippen LogP contribution in [0.25, 0.3) is 10.9 Å². The van der Waals surface area contributed by atoms with E-state index in [-0.39, 0.29) is 24.5 Å². The first-order chi connectivity index (χ1) is 16.4. The van der Waals surface area contributed by atoms with Gasteiger partial charge in [-0.2, -0.15) is 0 Å². The van der Waals surface area contributed by atoms with Crippen LogP contribution in [0.5, 0.6) is 17.2 Å². The van der Waals surface area contributed by atoms with E-state index in [4.69, 9.17) is 9.47 Å². The maximum Gasteiger partial charge on any atom is 0.265 e. The fourth-order valence-electron chi connectivity index (χ4n) is 4.25. The number of aryl methyl sites for hydroxylation is 2. The van der Waals surface area contributed by atoms with Gasteiger partial charge in [-0.05, 0) is 48.9 Å². The van der Waals surface area contributed by atoms with Crippen LogP contribution in [0.3, 0.4) is 0 Å². The van der Waals surface area contributed by atoms with Crippen LogP contribution in [0, 0.1) is 6.92 Å².